The van der Waals surface area contributed by atoms with Crippen molar-refractivity contribution in [3.63, 3.8) is 0 Å². The number of nitrogen functional groups attached to an aromatic ring is 1. The summed E-state index contributed by atoms with van der Waals surface area (Å²) in [5.41, 5.74) is 2.96. The number of anilines is 1. The Kier molecular flexibility index (Phi) is 4.82. The van der Waals surface area contributed by atoms with Crippen LogP contribution in [0.15, 0.2) is 27.8 Å². The molecule has 0 amide bonds. The largest absolute Gasteiger partial charge is 0.454 e. The molecule has 25 heavy (non-hydrogen) atoms. The molecule has 0 fully saturated rings. The highest BCUT2D eigenvalue weighted by Gasteiger charge is 2.22. The molecule has 0 spiro atoms. The summed E-state index contributed by atoms with van der Waals surface area (Å²) in [6, 6.07) is 2.03. The summed E-state index contributed by atoms with van der Waals surface area (Å²) in [4.78, 5) is 47.6. The molecule has 0 saturated heterocycles. The lowest BCUT2D eigenvalue weighted by Gasteiger charge is -2.11. The van der Waals surface area contributed by atoms with Crippen LogP contribution in [-0.4, -0.2) is 27.5 Å². The highest BCUT2D eigenvalue weighted by atomic mass is 19.1. The van der Waals surface area contributed by atoms with Crippen molar-refractivity contribution in [1.29, 1.82) is 0 Å². The number of esters is 1. The highest BCUT2D eigenvalue weighted by molar-refractivity contribution is 6.02. The first-order valence-corrected chi connectivity index (χ1v) is 6.85. The average molecular weight is 353 g/mol. The van der Waals surface area contributed by atoms with E-state index in [2.05, 4.69) is 4.74 Å². The fraction of sp³-hybridized carbons (Fsp3) is 0.200. The molecule has 0 aliphatic rings. The van der Waals surface area contributed by atoms with Gasteiger partial charge in [-0.3, -0.25) is 18.7 Å². The zero-order chi connectivity index (χ0) is 18.9. The number of aromatic nitrogens is 2. The normalized spacial score (nSPS) is 10.6. The lowest BCUT2D eigenvalue weighted by molar-refractivity contribution is 0.0473. The van der Waals surface area contributed by atoms with E-state index in [1.54, 1.807) is 0 Å². The van der Waals surface area contributed by atoms with E-state index in [9.17, 15) is 28.0 Å². The van der Waals surface area contributed by atoms with E-state index in [0.717, 1.165) is 23.7 Å². The van der Waals surface area contributed by atoms with E-state index < -0.39 is 52.4 Å². The van der Waals surface area contributed by atoms with Crippen LogP contribution >= 0.6 is 0 Å². The smallest absolute Gasteiger partial charge is 0.338 e. The molecular formula is C15H13F2N3O5. The number of ketones is 1. The van der Waals surface area contributed by atoms with Crippen LogP contribution in [0.2, 0.25) is 0 Å². The average Bonchev–Trinajstić information content (AvgIpc) is 2.55. The second-order valence-electron chi connectivity index (χ2n) is 5.12. The van der Waals surface area contributed by atoms with Gasteiger partial charge in [-0.15, -0.1) is 0 Å². The van der Waals surface area contributed by atoms with Gasteiger partial charge in [-0.05, 0) is 12.1 Å². The van der Waals surface area contributed by atoms with E-state index in [1.165, 1.54) is 7.05 Å². The van der Waals surface area contributed by atoms with Crippen LogP contribution in [0.4, 0.5) is 14.6 Å². The number of ether oxygens (including phenoxy) is 1. The van der Waals surface area contributed by atoms with Gasteiger partial charge in [-0.25, -0.2) is 18.4 Å². The van der Waals surface area contributed by atoms with Crippen molar-refractivity contribution in [2.45, 2.75) is 0 Å². The van der Waals surface area contributed by atoms with E-state index in [0.29, 0.717) is 10.6 Å². The van der Waals surface area contributed by atoms with Crippen LogP contribution in [0, 0.1) is 11.6 Å². The topological polar surface area (TPSA) is 113 Å². The first-order chi connectivity index (χ1) is 11.6. The van der Waals surface area contributed by atoms with Gasteiger partial charge in [-0.1, -0.05) is 0 Å². The minimum Gasteiger partial charge on any atom is -0.454 e. The molecule has 2 N–H and O–H groups in total. The molecule has 0 atom stereocenters. The summed E-state index contributed by atoms with van der Waals surface area (Å²) in [5, 5.41) is 0. The molecule has 0 saturated carbocycles. The standard InChI is InChI=1S/C15H13F2N3O5/c1-19-12(18)11(13(22)20(2)15(19)24)10(21)6-25-14(23)7-3-8(16)5-9(17)4-7/h3-5H,6,18H2,1-2H3. The zero-order valence-electron chi connectivity index (χ0n) is 13.2. The maximum atomic E-state index is 13.1. The van der Waals surface area contributed by atoms with Gasteiger partial charge in [-0.2, -0.15) is 0 Å². The molecule has 132 valence electrons. The molecule has 1 aromatic heterocycles. The Balaban J connectivity index is 2.25. The van der Waals surface area contributed by atoms with Crippen molar-refractivity contribution in [1.82, 2.24) is 9.13 Å². The van der Waals surface area contributed by atoms with Crippen LogP contribution in [-0.2, 0) is 18.8 Å². The summed E-state index contributed by atoms with van der Waals surface area (Å²) in [5.74, 6) is -4.49. The molecule has 1 aromatic carbocycles. The van der Waals surface area contributed by atoms with Crippen LogP contribution < -0.4 is 17.0 Å². The van der Waals surface area contributed by atoms with Crippen molar-refractivity contribution >= 4 is 17.6 Å². The molecule has 1 heterocycles. The number of rotatable bonds is 4. The first kappa shape index (κ1) is 18.0. The molecule has 2 rings (SSSR count). The van der Waals surface area contributed by atoms with Gasteiger partial charge in [0.2, 0.25) is 5.78 Å². The van der Waals surface area contributed by atoms with Crippen molar-refractivity contribution in [3.05, 3.63) is 61.8 Å². The van der Waals surface area contributed by atoms with Gasteiger partial charge < -0.3 is 10.5 Å². The Morgan fingerprint density at radius 3 is 2.20 bits per heavy atom. The Labute approximate surface area is 139 Å². The van der Waals surface area contributed by atoms with Crippen molar-refractivity contribution in [3.8, 4) is 0 Å². The Morgan fingerprint density at radius 1 is 1.08 bits per heavy atom. The van der Waals surface area contributed by atoms with E-state index in [1.807, 2.05) is 0 Å². The Hall–Kier alpha value is -3.30. The van der Waals surface area contributed by atoms with Crippen LogP contribution in [0.5, 0.6) is 0 Å². The number of hydrogen-bond donors (Lipinski definition) is 1. The summed E-state index contributed by atoms with van der Waals surface area (Å²) < 4.78 is 32.4. The van der Waals surface area contributed by atoms with Crippen LogP contribution in [0.3, 0.4) is 0 Å². The third-order valence-corrected chi connectivity index (χ3v) is 3.42. The predicted octanol–water partition coefficient (Wildman–Crippen LogP) is -0.0159. The van der Waals surface area contributed by atoms with Gasteiger partial charge in [0.25, 0.3) is 5.56 Å². The molecule has 0 unspecified atom stereocenters. The number of carbonyl (C=O) groups excluding carboxylic acids is 2. The van der Waals surface area contributed by atoms with Gasteiger partial charge in [0, 0.05) is 20.2 Å². The second-order valence-corrected chi connectivity index (χ2v) is 5.12. The van der Waals surface area contributed by atoms with Crippen molar-refractivity contribution in [2.24, 2.45) is 14.1 Å². The predicted molar refractivity (Wildman–Crippen MR) is 82.3 cm³/mol. The molecule has 0 aliphatic carbocycles. The number of halogens is 2. The molecule has 10 heteroatoms. The number of hydrogen-bond acceptors (Lipinski definition) is 6. The third-order valence-electron chi connectivity index (χ3n) is 3.42. The van der Waals surface area contributed by atoms with E-state index >= 15 is 0 Å². The van der Waals surface area contributed by atoms with Gasteiger partial charge in [0.15, 0.2) is 6.61 Å². The quantitative estimate of drug-likeness (QED) is 0.611. The number of nitrogens with two attached hydrogens (primary N) is 1. The lowest BCUT2D eigenvalue weighted by Crippen LogP contribution is -2.42. The number of carbonyl (C=O) groups is 2. The SMILES string of the molecule is Cn1c(N)c(C(=O)COC(=O)c2cc(F)cc(F)c2)c(=O)n(C)c1=O. The molecule has 8 nitrogen and oxygen atoms in total. The Morgan fingerprint density at radius 2 is 1.64 bits per heavy atom. The summed E-state index contributed by atoms with van der Waals surface area (Å²) >= 11 is 0. The monoisotopic (exact) mass is 353 g/mol. The number of nitrogens with zero attached hydrogens (tertiary/aromatic N) is 2. The van der Waals surface area contributed by atoms with Crippen LogP contribution in [0.1, 0.15) is 20.7 Å². The van der Waals surface area contributed by atoms with Gasteiger partial charge >= 0.3 is 11.7 Å². The molecule has 2 aromatic rings. The minimum atomic E-state index is -1.16. The molecular weight excluding hydrogens is 340 g/mol. The molecule has 0 bridgehead atoms. The van der Waals surface area contributed by atoms with Crippen molar-refractivity contribution < 1.29 is 23.1 Å². The highest BCUT2D eigenvalue weighted by Crippen LogP contribution is 2.10. The van der Waals surface area contributed by atoms with E-state index in [-0.39, 0.29) is 5.82 Å². The van der Waals surface area contributed by atoms with E-state index in [4.69, 9.17) is 5.73 Å². The first-order valence-electron chi connectivity index (χ1n) is 6.85. The maximum absolute atomic E-state index is 13.1. The zero-order valence-corrected chi connectivity index (χ0v) is 13.2. The summed E-state index contributed by atoms with van der Waals surface area (Å²) in [7, 11) is 2.41. The number of Topliss-reactive ketones (excluding diaryl/α,β-unsaturated/α-hetero) is 1. The third kappa shape index (κ3) is 3.47. The lowest BCUT2D eigenvalue weighted by atomic mass is 10.2. The van der Waals surface area contributed by atoms with Crippen molar-refractivity contribution in [2.75, 3.05) is 12.3 Å². The summed E-state index contributed by atoms with van der Waals surface area (Å²) in [6.07, 6.45) is 0. The molecule has 0 radical (unpaired) electrons. The number of benzene rings is 1. The fourth-order valence-electron chi connectivity index (χ4n) is 2.08. The summed E-state index contributed by atoms with van der Waals surface area (Å²) in [6.45, 7) is -0.894. The fourth-order valence-corrected chi connectivity index (χ4v) is 2.08. The van der Waals surface area contributed by atoms with Crippen LogP contribution in [0.25, 0.3) is 0 Å². The maximum Gasteiger partial charge on any atom is 0.338 e. The Bertz CT molecular complexity index is 974. The van der Waals surface area contributed by atoms with Gasteiger partial charge in [0.05, 0.1) is 5.56 Å². The van der Waals surface area contributed by atoms with Gasteiger partial charge in [0.1, 0.15) is 23.0 Å². The minimum absolute atomic E-state index is 0.383. The molecule has 0 aliphatic heterocycles. The second kappa shape index (κ2) is 6.67.